The Kier molecular flexibility index (Phi) is 5.86. The zero-order valence-corrected chi connectivity index (χ0v) is 15.0. The first-order valence-electron chi connectivity index (χ1n) is 7.55. The summed E-state index contributed by atoms with van der Waals surface area (Å²) in [6.07, 6.45) is 0.301. The van der Waals surface area contributed by atoms with Crippen molar-refractivity contribution < 1.29 is 9.53 Å². The van der Waals surface area contributed by atoms with Crippen molar-refractivity contribution in [1.82, 2.24) is 0 Å². The van der Waals surface area contributed by atoms with Crippen molar-refractivity contribution in [3.05, 3.63) is 33.8 Å². The highest BCUT2D eigenvalue weighted by atomic mass is 35.5. The van der Waals surface area contributed by atoms with Crippen LogP contribution < -0.4 is 0 Å². The van der Waals surface area contributed by atoms with Crippen LogP contribution in [-0.2, 0) is 16.0 Å². The van der Waals surface area contributed by atoms with Gasteiger partial charge in [0.1, 0.15) is 5.60 Å². The third-order valence-corrected chi connectivity index (χ3v) is 3.49. The molecular formula is C18H27ClO2. The summed E-state index contributed by atoms with van der Waals surface area (Å²) >= 11 is 6.24. The molecule has 2 nitrogen and oxygen atoms in total. The van der Waals surface area contributed by atoms with Crippen molar-refractivity contribution in [2.75, 3.05) is 0 Å². The second-order valence-corrected chi connectivity index (χ2v) is 7.57. The molecular weight excluding hydrogens is 284 g/mol. The standard InChI is InChI=1S/C18H27ClO2/c1-11(2)14-8-13(19)9-15(12(3)4)16(14)10-17(20)21-18(5,6)7/h8-9,11-12H,10H2,1-7H3. The van der Waals surface area contributed by atoms with Crippen LogP contribution in [0.5, 0.6) is 0 Å². The molecule has 1 aromatic carbocycles. The third kappa shape index (κ3) is 5.35. The first-order chi connectivity index (χ1) is 9.51. The van der Waals surface area contributed by atoms with E-state index in [2.05, 4.69) is 27.7 Å². The minimum absolute atomic E-state index is 0.186. The van der Waals surface area contributed by atoms with Crippen LogP contribution in [0.1, 0.15) is 77.0 Å². The Hall–Kier alpha value is -1.02. The summed E-state index contributed by atoms with van der Waals surface area (Å²) in [7, 11) is 0. The monoisotopic (exact) mass is 310 g/mol. The van der Waals surface area contributed by atoms with Gasteiger partial charge in [0, 0.05) is 5.02 Å². The van der Waals surface area contributed by atoms with Gasteiger partial charge in [-0.3, -0.25) is 4.79 Å². The minimum atomic E-state index is -0.459. The molecule has 1 aromatic rings. The first-order valence-corrected chi connectivity index (χ1v) is 7.93. The lowest BCUT2D eigenvalue weighted by atomic mass is 9.87. The van der Waals surface area contributed by atoms with E-state index < -0.39 is 5.60 Å². The molecule has 0 fully saturated rings. The van der Waals surface area contributed by atoms with Crippen LogP contribution in [0.25, 0.3) is 0 Å². The number of ether oxygens (including phenoxy) is 1. The number of hydrogen-bond donors (Lipinski definition) is 0. The van der Waals surface area contributed by atoms with Crippen molar-refractivity contribution in [3.63, 3.8) is 0 Å². The molecule has 0 aromatic heterocycles. The second kappa shape index (κ2) is 6.83. The van der Waals surface area contributed by atoms with E-state index in [-0.39, 0.29) is 5.97 Å². The Morgan fingerprint density at radius 3 is 1.86 bits per heavy atom. The number of halogens is 1. The molecule has 0 amide bonds. The van der Waals surface area contributed by atoms with Gasteiger partial charge in [-0.05, 0) is 61.4 Å². The predicted molar refractivity (Wildman–Crippen MR) is 89.2 cm³/mol. The Bertz CT molecular complexity index is 481. The maximum Gasteiger partial charge on any atom is 0.310 e. The average Bonchev–Trinajstić information content (AvgIpc) is 2.27. The molecule has 1 rings (SSSR count). The van der Waals surface area contributed by atoms with Gasteiger partial charge in [0.25, 0.3) is 0 Å². The van der Waals surface area contributed by atoms with Crippen molar-refractivity contribution in [1.29, 1.82) is 0 Å². The Morgan fingerprint density at radius 2 is 1.52 bits per heavy atom. The normalized spacial score (nSPS) is 12.1. The van der Waals surface area contributed by atoms with Gasteiger partial charge in [0.15, 0.2) is 0 Å². The lowest BCUT2D eigenvalue weighted by Crippen LogP contribution is -2.25. The predicted octanol–water partition coefficient (Wildman–Crippen LogP) is 5.47. The zero-order valence-electron chi connectivity index (χ0n) is 14.2. The molecule has 118 valence electrons. The van der Waals surface area contributed by atoms with Gasteiger partial charge < -0.3 is 4.74 Å². The van der Waals surface area contributed by atoms with Crippen molar-refractivity contribution >= 4 is 17.6 Å². The molecule has 0 heterocycles. The van der Waals surface area contributed by atoms with E-state index in [0.717, 1.165) is 21.7 Å². The van der Waals surface area contributed by atoms with Crippen LogP contribution in [-0.4, -0.2) is 11.6 Å². The van der Waals surface area contributed by atoms with Crippen LogP contribution in [0.4, 0.5) is 0 Å². The maximum absolute atomic E-state index is 12.2. The molecule has 0 bridgehead atoms. The Labute approximate surface area is 133 Å². The van der Waals surface area contributed by atoms with E-state index in [9.17, 15) is 4.79 Å². The SMILES string of the molecule is CC(C)c1cc(Cl)cc(C(C)C)c1CC(=O)OC(C)(C)C. The number of benzene rings is 1. The highest BCUT2D eigenvalue weighted by Crippen LogP contribution is 2.32. The number of carbonyl (C=O) groups excluding carboxylic acids is 1. The molecule has 0 radical (unpaired) electrons. The van der Waals surface area contributed by atoms with E-state index in [1.807, 2.05) is 32.9 Å². The Balaban J connectivity index is 3.22. The zero-order chi connectivity index (χ0) is 16.4. The average molecular weight is 311 g/mol. The van der Waals surface area contributed by atoms with E-state index in [1.165, 1.54) is 0 Å². The second-order valence-electron chi connectivity index (χ2n) is 7.14. The molecule has 0 saturated carbocycles. The first kappa shape index (κ1) is 18.0. The number of rotatable bonds is 4. The molecule has 0 atom stereocenters. The fraction of sp³-hybridized carbons (Fsp3) is 0.611. The van der Waals surface area contributed by atoms with Gasteiger partial charge in [0.05, 0.1) is 6.42 Å². The van der Waals surface area contributed by atoms with E-state index in [4.69, 9.17) is 16.3 Å². The largest absolute Gasteiger partial charge is 0.460 e. The van der Waals surface area contributed by atoms with Crippen LogP contribution >= 0.6 is 11.6 Å². The van der Waals surface area contributed by atoms with Gasteiger partial charge in [-0.25, -0.2) is 0 Å². The smallest absolute Gasteiger partial charge is 0.310 e. The lowest BCUT2D eigenvalue weighted by molar-refractivity contribution is -0.153. The van der Waals surface area contributed by atoms with Crippen molar-refractivity contribution in [2.45, 2.75) is 72.3 Å². The molecule has 0 aliphatic carbocycles. The van der Waals surface area contributed by atoms with Gasteiger partial charge in [-0.1, -0.05) is 39.3 Å². The lowest BCUT2D eigenvalue weighted by Gasteiger charge is -2.23. The summed E-state index contributed by atoms with van der Waals surface area (Å²) in [6.45, 7) is 14.1. The molecule has 0 saturated heterocycles. The molecule has 0 unspecified atom stereocenters. The van der Waals surface area contributed by atoms with Gasteiger partial charge in [0.2, 0.25) is 0 Å². The number of hydrogen-bond acceptors (Lipinski definition) is 2. The van der Waals surface area contributed by atoms with Gasteiger partial charge >= 0.3 is 5.97 Å². The summed E-state index contributed by atoms with van der Waals surface area (Å²) in [5, 5.41) is 0.732. The van der Waals surface area contributed by atoms with E-state index >= 15 is 0 Å². The van der Waals surface area contributed by atoms with Crippen LogP contribution in [0.15, 0.2) is 12.1 Å². The maximum atomic E-state index is 12.2. The fourth-order valence-corrected chi connectivity index (χ4v) is 2.67. The van der Waals surface area contributed by atoms with Gasteiger partial charge in [-0.2, -0.15) is 0 Å². The van der Waals surface area contributed by atoms with Gasteiger partial charge in [-0.15, -0.1) is 0 Å². The summed E-state index contributed by atoms with van der Waals surface area (Å²) in [6, 6.07) is 3.94. The topological polar surface area (TPSA) is 26.3 Å². The highest BCUT2D eigenvalue weighted by Gasteiger charge is 2.21. The van der Waals surface area contributed by atoms with E-state index in [1.54, 1.807) is 0 Å². The summed E-state index contributed by atoms with van der Waals surface area (Å²) in [4.78, 5) is 12.2. The Morgan fingerprint density at radius 1 is 1.10 bits per heavy atom. The van der Waals surface area contributed by atoms with E-state index in [0.29, 0.717) is 18.3 Å². The summed E-state index contributed by atoms with van der Waals surface area (Å²) in [5.74, 6) is 0.450. The number of carbonyl (C=O) groups is 1. The quantitative estimate of drug-likeness (QED) is 0.689. The highest BCUT2D eigenvalue weighted by molar-refractivity contribution is 6.30. The van der Waals surface area contributed by atoms with Crippen LogP contribution in [0, 0.1) is 0 Å². The molecule has 0 spiro atoms. The fourth-order valence-electron chi connectivity index (χ4n) is 2.44. The minimum Gasteiger partial charge on any atom is -0.460 e. The van der Waals surface area contributed by atoms with Crippen molar-refractivity contribution in [3.8, 4) is 0 Å². The number of esters is 1. The van der Waals surface area contributed by atoms with Crippen molar-refractivity contribution in [2.24, 2.45) is 0 Å². The molecule has 3 heteroatoms. The summed E-state index contributed by atoms with van der Waals surface area (Å²) < 4.78 is 5.47. The third-order valence-electron chi connectivity index (χ3n) is 3.27. The molecule has 0 aliphatic heterocycles. The van der Waals surface area contributed by atoms with Crippen LogP contribution in [0.2, 0.25) is 5.02 Å². The molecule has 0 N–H and O–H groups in total. The van der Waals surface area contributed by atoms with Crippen LogP contribution in [0.3, 0.4) is 0 Å². The molecule has 0 aliphatic rings. The molecule has 21 heavy (non-hydrogen) atoms. The summed E-state index contributed by atoms with van der Waals surface area (Å²) in [5.41, 5.74) is 2.88.